The molecule has 2 atom stereocenters. The van der Waals surface area contributed by atoms with Crippen molar-refractivity contribution in [2.75, 3.05) is 46.9 Å². The molecule has 2 aliphatic rings. The van der Waals surface area contributed by atoms with Crippen molar-refractivity contribution in [3.8, 4) is 0 Å². The maximum Gasteiger partial charge on any atom is 0.129 e. The van der Waals surface area contributed by atoms with Gasteiger partial charge in [0.15, 0.2) is 0 Å². The van der Waals surface area contributed by atoms with Gasteiger partial charge in [-0.1, -0.05) is 0 Å². The number of nitrogens with zero attached hydrogens (tertiary/aromatic N) is 2. The summed E-state index contributed by atoms with van der Waals surface area (Å²) in [4.78, 5) is 16.1. The first-order valence-electron chi connectivity index (χ1n) is 7.08. The Morgan fingerprint density at radius 1 is 1.50 bits per heavy atom. The van der Waals surface area contributed by atoms with Gasteiger partial charge in [-0.15, -0.1) is 0 Å². The predicted molar refractivity (Wildman–Crippen MR) is 71.7 cm³/mol. The van der Waals surface area contributed by atoms with Crippen LogP contribution >= 0.6 is 0 Å². The minimum absolute atomic E-state index is 0.260. The van der Waals surface area contributed by atoms with E-state index >= 15 is 0 Å². The van der Waals surface area contributed by atoms with Crippen LogP contribution in [0.25, 0.3) is 0 Å². The largest absolute Gasteiger partial charge is 0.380 e. The molecule has 0 radical (unpaired) electrons. The normalized spacial score (nSPS) is 34.1. The molecule has 2 aliphatic heterocycles. The van der Waals surface area contributed by atoms with Gasteiger partial charge in [0.25, 0.3) is 0 Å². The van der Waals surface area contributed by atoms with Crippen molar-refractivity contribution in [2.24, 2.45) is 5.41 Å². The van der Waals surface area contributed by atoms with E-state index in [9.17, 15) is 4.79 Å². The number of likely N-dealkylation sites (tertiary alicyclic amines) is 1. The van der Waals surface area contributed by atoms with Gasteiger partial charge in [-0.2, -0.15) is 0 Å². The highest BCUT2D eigenvalue weighted by Crippen LogP contribution is 2.27. The van der Waals surface area contributed by atoms with Crippen molar-refractivity contribution >= 4 is 6.29 Å². The monoisotopic (exact) mass is 254 g/mol. The summed E-state index contributed by atoms with van der Waals surface area (Å²) in [5.74, 6) is 0. The number of carbonyl (C=O) groups is 1. The van der Waals surface area contributed by atoms with Crippen LogP contribution in [-0.2, 0) is 9.53 Å². The summed E-state index contributed by atoms with van der Waals surface area (Å²) in [6.45, 7) is 4.51. The standard InChI is InChI=1S/C14H26N2O2/c1-15(9-13-5-3-7-16(13)2)10-14(11-17)6-4-8-18-12-14/h11,13H,3-10,12H2,1-2H3. The molecule has 0 aliphatic carbocycles. The SMILES string of the molecule is CN(CC1CCCN1C)CC1(C=O)CCCOC1. The Morgan fingerprint density at radius 3 is 2.89 bits per heavy atom. The van der Waals surface area contributed by atoms with Gasteiger partial charge in [0, 0.05) is 25.7 Å². The van der Waals surface area contributed by atoms with Gasteiger partial charge in [-0.3, -0.25) is 0 Å². The van der Waals surface area contributed by atoms with Crippen LogP contribution in [0, 0.1) is 5.41 Å². The Kier molecular flexibility index (Phi) is 4.76. The summed E-state index contributed by atoms with van der Waals surface area (Å²) in [5.41, 5.74) is -0.260. The first-order valence-corrected chi connectivity index (χ1v) is 7.08. The molecule has 18 heavy (non-hydrogen) atoms. The van der Waals surface area contributed by atoms with Gasteiger partial charge in [0.2, 0.25) is 0 Å². The molecule has 0 aromatic heterocycles. The van der Waals surface area contributed by atoms with Crippen LogP contribution in [0.15, 0.2) is 0 Å². The van der Waals surface area contributed by atoms with Gasteiger partial charge in [-0.05, 0) is 46.3 Å². The lowest BCUT2D eigenvalue weighted by Crippen LogP contribution is -2.46. The molecular weight excluding hydrogens is 228 g/mol. The van der Waals surface area contributed by atoms with E-state index in [2.05, 4.69) is 23.9 Å². The number of ether oxygens (including phenoxy) is 1. The molecule has 0 N–H and O–H groups in total. The minimum Gasteiger partial charge on any atom is -0.380 e. The highest BCUT2D eigenvalue weighted by atomic mass is 16.5. The van der Waals surface area contributed by atoms with Gasteiger partial charge >= 0.3 is 0 Å². The summed E-state index contributed by atoms with van der Waals surface area (Å²) < 4.78 is 5.50. The van der Waals surface area contributed by atoms with Crippen LogP contribution in [0.2, 0.25) is 0 Å². The van der Waals surface area contributed by atoms with Crippen molar-refractivity contribution in [3.63, 3.8) is 0 Å². The van der Waals surface area contributed by atoms with E-state index < -0.39 is 0 Å². The fraction of sp³-hybridized carbons (Fsp3) is 0.929. The average molecular weight is 254 g/mol. The van der Waals surface area contributed by atoms with Gasteiger partial charge in [-0.25, -0.2) is 0 Å². The van der Waals surface area contributed by atoms with Crippen molar-refractivity contribution < 1.29 is 9.53 Å². The van der Waals surface area contributed by atoms with E-state index in [1.165, 1.54) is 19.4 Å². The van der Waals surface area contributed by atoms with Gasteiger partial charge in [0.05, 0.1) is 12.0 Å². The Hall–Kier alpha value is -0.450. The summed E-state index contributed by atoms with van der Waals surface area (Å²) in [6, 6.07) is 0.656. The molecule has 104 valence electrons. The first kappa shape index (κ1) is 14.0. The molecule has 4 nitrogen and oxygen atoms in total. The highest BCUT2D eigenvalue weighted by Gasteiger charge is 2.34. The molecule has 0 saturated carbocycles. The molecule has 0 aromatic carbocycles. The van der Waals surface area contributed by atoms with Crippen LogP contribution in [0.3, 0.4) is 0 Å². The van der Waals surface area contributed by atoms with Crippen molar-refractivity contribution in [2.45, 2.75) is 31.7 Å². The molecule has 4 heteroatoms. The maximum absolute atomic E-state index is 11.4. The molecule has 2 unspecified atom stereocenters. The van der Waals surface area contributed by atoms with Crippen LogP contribution in [-0.4, -0.2) is 69.1 Å². The van der Waals surface area contributed by atoms with E-state index in [0.29, 0.717) is 12.6 Å². The third-order valence-electron chi connectivity index (χ3n) is 4.38. The third kappa shape index (κ3) is 3.31. The summed E-state index contributed by atoms with van der Waals surface area (Å²) in [6.07, 6.45) is 5.70. The molecule has 2 heterocycles. The first-order chi connectivity index (χ1) is 8.65. The molecule has 0 spiro atoms. The fourth-order valence-electron chi connectivity index (χ4n) is 3.30. The maximum atomic E-state index is 11.4. The molecule has 0 bridgehead atoms. The summed E-state index contributed by atoms with van der Waals surface area (Å²) >= 11 is 0. The Balaban J connectivity index is 1.85. The number of likely N-dealkylation sites (N-methyl/N-ethyl adjacent to an activating group) is 2. The van der Waals surface area contributed by atoms with Crippen LogP contribution < -0.4 is 0 Å². The van der Waals surface area contributed by atoms with Crippen molar-refractivity contribution in [1.29, 1.82) is 0 Å². The number of hydrogen-bond acceptors (Lipinski definition) is 4. The second kappa shape index (κ2) is 6.13. The third-order valence-corrected chi connectivity index (χ3v) is 4.38. The zero-order valence-corrected chi connectivity index (χ0v) is 11.7. The quantitative estimate of drug-likeness (QED) is 0.686. The van der Waals surface area contributed by atoms with Gasteiger partial charge in [0.1, 0.15) is 6.29 Å². The van der Waals surface area contributed by atoms with E-state index in [4.69, 9.17) is 4.74 Å². The average Bonchev–Trinajstić information content (AvgIpc) is 2.76. The molecule has 0 amide bonds. The van der Waals surface area contributed by atoms with Crippen molar-refractivity contribution in [3.05, 3.63) is 0 Å². The van der Waals surface area contributed by atoms with Gasteiger partial charge < -0.3 is 19.3 Å². The Bertz CT molecular complexity index is 277. The molecule has 2 saturated heterocycles. The Morgan fingerprint density at radius 2 is 2.33 bits per heavy atom. The molecule has 2 fully saturated rings. The second-order valence-corrected chi connectivity index (χ2v) is 6.11. The number of hydrogen-bond donors (Lipinski definition) is 0. The van der Waals surface area contributed by atoms with Crippen LogP contribution in [0.1, 0.15) is 25.7 Å². The fourth-order valence-corrected chi connectivity index (χ4v) is 3.30. The van der Waals surface area contributed by atoms with E-state index in [-0.39, 0.29) is 5.41 Å². The summed E-state index contributed by atoms with van der Waals surface area (Å²) in [7, 11) is 4.33. The topological polar surface area (TPSA) is 32.8 Å². The van der Waals surface area contributed by atoms with E-state index in [1.54, 1.807) is 0 Å². The molecule has 0 aromatic rings. The number of carbonyl (C=O) groups excluding carboxylic acids is 1. The molecular formula is C14H26N2O2. The highest BCUT2D eigenvalue weighted by molar-refractivity contribution is 5.60. The second-order valence-electron chi connectivity index (χ2n) is 6.11. The lowest BCUT2D eigenvalue weighted by molar-refractivity contribution is -0.125. The smallest absolute Gasteiger partial charge is 0.129 e. The zero-order chi connectivity index (χ0) is 13.0. The number of rotatable bonds is 5. The Labute approximate surface area is 110 Å². The van der Waals surface area contributed by atoms with E-state index in [1.807, 2.05) is 0 Å². The van der Waals surface area contributed by atoms with Crippen LogP contribution in [0.4, 0.5) is 0 Å². The van der Waals surface area contributed by atoms with Crippen LogP contribution in [0.5, 0.6) is 0 Å². The van der Waals surface area contributed by atoms with Crippen molar-refractivity contribution in [1.82, 2.24) is 9.80 Å². The van der Waals surface area contributed by atoms with E-state index in [0.717, 1.165) is 38.8 Å². The predicted octanol–water partition coefficient (Wildman–Crippen LogP) is 1.01. The number of aldehydes is 1. The minimum atomic E-state index is -0.260. The lowest BCUT2D eigenvalue weighted by atomic mass is 9.83. The molecule has 2 rings (SSSR count). The zero-order valence-electron chi connectivity index (χ0n) is 11.7. The lowest BCUT2D eigenvalue weighted by Gasteiger charge is -2.36. The summed E-state index contributed by atoms with van der Waals surface area (Å²) in [5, 5.41) is 0.